The fourth-order valence-corrected chi connectivity index (χ4v) is 3.74. The lowest BCUT2D eigenvalue weighted by Gasteiger charge is -2.08. The second-order valence-corrected chi connectivity index (χ2v) is 6.82. The fourth-order valence-electron chi connectivity index (χ4n) is 2.36. The van der Waals surface area contributed by atoms with E-state index >= 15 is 0 Å². The van der Waals surface area contributed by atoms with Gasteiger partial charge in [-0.25, -0.2) is 13.4 Å². The highest BCUT2D eigenvalue weighted by molar-refractivity contribution is 7.90. The lowest BCUT2D eigenvalue weighted by molar-refractivity contribution is 0.422. The molecule has 0 saturated carbocycles. The fraction of sp³-hybridized carbons (Fsp3) is 0.0714. The maximum absolute atomic E-state index is 14.6. The molecule has 0 saturated heterocycles. The Labute approximate surface area is 132 Å². The third kappa shape index (κ3) is 2.42. The van der Waals surface area contributed by atoms with Gasteiger partial charge in [-0.05, 0) is 31.2 Å². The van der Waals surface area contributed by atoms with Crippen LogP contribution < -0.4 is 5.46 Å². The monoisotopic (exact) mass is 334 g/mol. The maximum Gasteiger partial charge on any atom is 0.493 e. The molecule has 0 atom stereocenters. The molecule has 0 fully saturated rings. The Bertz CT molecular complexity index is 984. The summed E-state index contributed by atoms with van der Waals surface area (Å²) in [5.74, 6) is -1.27. The zero-order chi connectivity index (χ0) is 16.8. The van der Waals surface area contributed by atoms with Crippen molar-refractivity contribution in [3.63, 3.8) is 0 Å². The Morgan fingerprint density at radius 1 is 1.17 bits per heavy atom. The van der Waals surface area contributed by atoms with Gasteiger partial charge < -0.3 is 10.0 Å². The van der Waals surface area contributed by atoms with Crippen LogP contribution in [0.3, 0.4) is 0 Å². The molecule has 0 bridgehead atoms. The molecule has 0 aliphatic carbocycles. The molecule has 0 unspecified atom stereocenters. The van der Waals surface area contributed by atoms with Gasteiger partial charge in [0, 0.05) is 17.0 Å². The van der Waals surface area contributed by atoms with Gasteiger partial charge >= 0.3 is 7.12 Å². The summed E-state index contributed by atoms with van der Waals surface area (Å²) < 4.78 is 40.5. The van der Waals surface area contributed by atoms with Gasteiger partial charge in [0.25, 0.3) is 10.0 Å². The molecule has 23 heavy (non-hydrogen) atoms. The summed E-state index contributed by atoms with van der Waals surface area (Å²) in [6, 6.07) is 8.72. The molecule has 1 aromatic carbocycles. The predicted octanol–water partition coefficient (Wildman–Crippen LogP) is 0.401. The highest BCUT2D eigenvalue weighted by atomic mass is 32.2. The van der Waals surface area contributed by atoms with Crippen LogP contribution in [0.2, 0.25) is 0 Å². The highest BCUT2D eigenvalue weighted by Crippen LogP contribution is 2.22. The average Bonchev–Trinajstić information content (AvgIpc) is 2.80. The molecular weight excluding hydrogens is 322 g/mol. The Hall–Kier alpha value is -2.23. The Morgan fingerprint density at radius 3 is 2.43 bits per heavy atom. The molecule has 2 heterocycles. The van der Waals surface area contributed by atoms with Crippen LogP contribution in [-0.2, 0) is 10.0 Å². The number of hydrogen-bond acceptors (Lipinski definition) is 5. The van der Waals surface area contributed by atoms with Crippen LogP contribution in [0.5, 0.6) is 0 Å². The number of benzene rings is 1. The summed E-state index contributed by atoms with van der Waals surface area (Å²) in [6.45, 7) is 1.80. The third-order valence-electron chi connectivity index (χ3n) is 3.49. The Morgan fingerprint density at radius 2 is 1.83 bits per heavy atom. The molecule has 0 spiro atoms. The minimum Gasteiger partial charge on any atom is -0.423 e. The van der Waals surface area contributed by atoms with Crippen molar-refractivity contribution in [2.75, 3.05) is 0 Å². The number of hydrogen-bond donors (Lipinski definition) is 2. The van der Waals surface area contributed by atoms with Gasteiger partial charge in [-0.1, -0.05) is 17.7 Å². The van der Waals surface area contributed by atoms with Crippen molar-refractivity contribution >= 4 is 33.6 Å². The minimum absolute atomic E-state index is 0.0238. The number of aromatic nitrogens is 2. The van der Waals surface area contributed by atoms with Crippen molar-refractivity contribution in [2.45, 2.75) is 11.8 Å². The van der Waals surface area contributed by atoms with E-state index in [9.17, 15) is 22.9 Å². The first-order chi connectivity index (χ1) is 10.8. The second-order valence-electron chi connectivity index (χ2n) is 5.04. The average molecular weight is 334 g/mol. The normalized spacial score (nSPS) is 11.8. The first-order valence-electron chi connectivity index (χ1n) is 6.67. The number of rotatable bonds is 3. The third-order valence-corrected chi connectivity index (χ3v) is 5.17. The van der Waals surface area contributed by atoms with Crippen LogP contribution >= 0.6 is 0 Å². The van der Waals surface area contributed by atoms with E-state index in [1.807, 2.05) is 0 Å². The predicted molar refractivity (Wildman–Crippen MR) is 83.3 cm³/mol. The molecule has 3 aromatic rings. The van der Waals surface area contributed by atoms with Crippen LogP contribution in [0.25, 0.3) is 11.0 Å². The topological polar surface area (TPSA) is 92.4 Å². The molecule has 6 nitrogen and oxygen atoms in total. The molecule has 2 aromatic heterocycles. The molecule has 0 radical (unpaired) electrons. The van der Waals surface area contributed by atoms with Crippen LogP contribution in [-0.4, -0.2) is 34.5 Å². The number of nitrogens with zero attached hydrogens (tertiary/aromatic N) is 2. The highest BCUT2D eigenvalue weighted by Gasteiger charge is 2.32. The molecule has 0 amide bonds. The molecular formula is C14H12BFN2O4S. The van der Waals surface area contributed by atoms with Gasteiger partial charge in [0.05, 0.1) is 4.90 Å². The zero-order valence-electron chi connectivity index (χ0n) is 12.0. The van der Waals surface area contributed by atoms with E-state index in [1.54, 1.807) is 19.1 Å². The lowest BCUT2D eigenvalue weighted by atomic mass is 9.80. The van der Waals surface area contributed by atoms with E-state index in [0.717, 1.165) is 5.56 Å². The second kappa shape index (κ2) is 5.45. The molecule has 0 aliphatic heterocycles. The minimum atomic E-state index is -4.27. The smallest absolute Gasteiger partial charge is 0.423 e. The largest absolute Gasteiger partial charge is 0.493 e. The summed E-state index contributed by atoms with van der Waals surface area (Å²) in [7, 11) is -6.43. The SMILES string of the molecule is Cc1ccc(S(=O)(=O)n2c(F)c(B(O)O)c3cccnc32)cc1. The summed E-state index contributed by atoms with van der Waals surface area (Å²) in [5.41, 5.74) is 0.129. The van der Waals surface area contributed by atoms with Crippen molar-refractivity contribution in [3.8, 4) is 0 Å². The molecule has 0 aliphatic rings. The van der Waals surface area contributed by atoms with Crippen LogP contribution in [0, 0.1) is 12.9 Å². The molecule has 118 valence electrons. The van der Waals surface area contributed by atoms with Gasteiger partial charge in [-0.2, -0.15) is 8.36 Å². The summed E-state index contributed by atoms with van der Waals surface area (Å²) in [4.78, 5) is 3.75. The van der Waals surface area contributed by atoms with Gasteiger partial charge in [0.15, 0.2) is 5.65 Å². The van der Waals surface area contributed by atoms with E-state index in [-0.39, 0.29) is 15.9 Å². The van der Waals surface area contributed by atoms with E-state index in [1.165, 1.54) is 30.5 Å². The van der Waals surface area contributed by atoms with E-state index in [4.69, 9.17) is 0 Å². The quantitative estimate of drug-likeness (QED) is 0.677. The standard InChI is InChI=1S/C14H12BFN2O4S/c1-9-4-6-10(7-5-9)23(21,22)18-13(16)12(15(19)20)11-3-2-8-17-14(11)18/h2-8,19-20H,1H3. The van der Waals surface area contributed by atoms with E-state index in [0.29, 0.717) is 3.97 Å². The van der Waals surface area contributed by atoms with Crippen molar-refractivity contribution in [2.24, 2.45) is 0 Å². The van der Waals surface area contributed by atoms with E-state index < -0.39 is 28.6 Å². The molecule has 2 N–H and O–H groups in total. The lowest BCUT2D eigenvalue weighted by Crippen LogP contribution is -2.33. The van der Waals surface area contributed by atoms with Crippen LogP contribution in [0.1, 0.15) is 5.56 Å². The van der Waals surface area contributed by atoms with Crippen molar-refractivity contribution in [1.29, 1.82) is 0 Å². The van der Waals surface area contributed by atoms with Crippen LogP contribution in [0.4, 0.5) is 4.39 Å². The van der Waals surface area contributed by atoms with Crippen molar-refractivity contribution in [3.05, 3.63) is 54.1 Å². The molecule has 3 rings (SSSR count). The van der Waals surface area contributed by atoms with Crippen molar-refractivity contribution < 1.29 is 22.9 Å². The first-order valence-corrected chi connectivity index (χ1v) is 8.11. The van der Waals surface area contributed by atoms with E-state index in [2.05, 4.69) is 4.98 Å². The summed E-state index contributed by atoms with van der Waals surface area (Å²) in [6.07, 6.45) is 1.30. The maximum atomic E-state index is 14.6. The number of aryl methyl sites for hydroxylation is 1. The number of fused-ring (bicyclic) bond motifs is 1. The van der Waals surface area contributed by atoms with Crippen LogP contribution in [0.15, 0.2) is 47.5 Å². The van der Waals surface area contributed by atoms with Crippen molar-refractivity contribution in [1.82, 2.24) is 8.96 Å². The first kappa shape index (κ1) is 15.7. The van der Waals surface area contributed by atoms with Gasteiger partial charge in [-0.3, -0.25) is 0 Å². The summed E-state index contributed by atoms with van der Waals surface area (Å²) in [5, 5.41) is 18.8. The van der Waals surface area contributed by atoms with Gasteiger partial charge in [-0.15, -0.1) is 0 Å². The Kier molecular flexibility index (Phi) is 3.71. The van der Waals surface area contributed by atoms with Gasteiger partial charge in [0.1, 0.15) is 0 Å². The Balaban J connectivity index is 2.36. The summed E-state index contributed by atoms with van der Waals surface area (Å²) >= 11 is 0. The number of pyridine rings is 1. The molecule has 9 heteroatoms. The zero-order valence-corrected chi connectivity index (χ0v) is 12.8. The number of halogens is 1. The van der Waals surface area contributed by atoms with Gasteiger partial charge in [0.2, 0.25) is 5.95 Å².